The molecule has 0 aromatic heterocycles. The van der Waals surface area contributed by atoms with Crippen LogP contribution in [0, 0.1) is 11.3 Å². The largest absolute Gasteiger partial charge is 0.417 e. The van der Waals surface area contributed by atoms with Crippen LogP contribution < -0.4 is 4.90 Å². The SMILES string of the molecule is CCCN(c1ccc(C#N)c(C(F)(F)F)c1)C(C)CC. The van der Waals surface area contributed by atoms with Crippen LogP contribution in [0.2, 0.25) is 0 Å². The molecule has 0 aliphatic rings. The fourth-order valence-electron chi connectivity index (χ4n) is 2.11. The zero-order valence-corrected chi connectivity index (χ0v) is 12.0. The van der Waals surface area contributed by atoms with Crippen LogP contribution >= 0.6 is 0 Å². The minimum Gasteiger partial charge on any atom is -0.369 e. The molecule has 5 heteroatoms. The summed E-state index contributed by atoms with van der Waals surface area (Å²) in [4.78, 5) is 1.95. The van der Waals surface area contributed by atoms with Crippen molar-refractivity contribution in [1.82, 2.24) is 0 Å². The van der Waals surface area contributed by atoms with Crippen LogP contribution in [0.1, 0.15) is 44.7 Å². The van der Waals surface area contributed by atoms with Crippen molar-refractivity contribution >= 4 is 5.69 Å². The van der Waals surface area contributed by atoms with E-state index in [0.717, 1.165) is 18.9 Å². The molecule has 0 heterocycles. The van der Waals surface area contributed by atoms with Crippen molar-refractivity contribution in [2.75, 3.05) is 11.4 Å². The fraction of sp³-hybridized carbons (Fsp3) is 0.533. The summed E-state index contributed by atoms with van der Waals surface area (Å²) in [6.45, 7) is 6.67. The standard InChI is InChI=1S/C15H19F3N2/c1-4-8-20(11(3)5-2)13-7-6-12(10-19)14(9-13)15(16,17)18/h6-7,9,11H,4-5,8H2,1-3H3. The second kappa shape index (κ2) is 6.65. The summed E-state index contributed by atoms with van der Waals surface area (Å²) in [6, 6.07) is 5.69. The highest BCUT2D eigenvalue weighted by Gasteiger charge is 2.34. The molecular weight excluding hydrogens is 265 g/mol. The number of anilines is 1. The highest BCUT2D eigenvalue weighted by molar-refractivity contribution is 5.55. The Morgan fingerprint density at radius 3 is 2.40 bits per heavy atom. The Balaban J connectivity index is 3.28. The van der Waals surface area contributed by atoms with Crippen molar-refractivity contribution in [2.45, 2.75) is 45.8 Å². The van der Waals surface area contributed by atoms with E-state index in [1.54, 1.807) is 12.1 Å². The van der Waals surface area contributed by atoms with E-state index in [9.17, 15) is 13.2 Å². The zero-order valence-electron chi connectivity index (χ0n) is 12.0. The second-order valence-electron chi connectivity index (χ2n) is 4.79. The van der Waals surface area contributed by atoms with Crippen molar-refractivity contribution in [3.63, 3.8) is 0 Å². The van der Waals surface area contributed by atoms with Crippen LogP contribution in [0.3, 0.4) is 0 Å². The van der Waals surface area contributed by atoms with E-state index in [2.05, 4.69) is 0 Å². The lowest BCUT2D eigenvalue weighted by Crippen LogP contribution is -2.33. The summed E-state index contributed by atoms with van der Waals surface area (Å²) in [7, 11) is 0. The number of nitriles is 1. The molecule has 0 bridgehead atoms. The molecule has 1 atom stereocenters. The molecule has 0 saturated heterocycles. The summed E-state index contributed by atoms with van der Waals surface area (Å²) in [5.74, 6) is 0. The van der Waals surface area contributed by atoms with Crippen LogP contribution in [-0.4, -0.2) is 12.6 Å². The van der Waals surface area contributed by atoms with Crippen LogP contribution in [0.4, 0.5) is 18.9 Å². The molecular formula is C15H19F3N2. The third kappa shape index (κ3) is 3.66. The Morgan fingerprint density at radius 2 is 1.95 bits per heavy atom. The topological polar surface area (TPSA) is 27.0 Å². The average Bonchev–Trinajstić information content (AvgIpc) is 2.42. The van der Waals surface area contributed by atoms with E-state index in [0.29, 0.717) is 12.2 Å². The van der Waals surface area contributed by atoms with Crippen LogP contribution in [0.15, 0.2) is 18.2 Å². The fourth-order valence-corrected chi connectivity index (χ4v) is 2.11. The summed E-state index contributed by atoms with van der Waals surface area (Å²) in [6.07, 6.45) is -2.80. The number of nitrogens with zero attached hydrogens (tertiary/aromatic N) is 2. The van der Waals surface area contributed by atoms with Gasteiger partial charge in [-0.25, -0.2) is 0 Å². The van der Waals surface area contributed by atoms with Crippen LogP contribution in [0.25, 0.3) is 0 Å². The first-order valence-electron chi connectivity index (χ1n) is 6.73. The molecule has 1 rings (SSSR count). The van der Waals surface area contributed by atoms with E-state index < -0.39 is 11.7 Å². The van der Waals surface area contributed by atoms with Gasteiger partial charge in [0, 0.05) is 18.3 Å². The summed E-state index contributed by atoms with van der Waals surface area (Å²) in [5, 5.41) is 8.81. The minimum absolute atomic E-state index is 0.156. The Bertz CT molecular complexity index is 489. The van der Waals surface area contributed by atoms with Gasteiger partial charge in [0.15, 0.2) is 0 Å². The van der Waals surface area contributed by atoms with Gasteiger partial charge in [0.2, 0.25) is 0 Å². The third-order valence-corrected chi connectivity index (χ3v) is 3.35. The Morgan fingerprint density at radius 1 is 1.30 bits per heavy atom. The van der Waals surface area contributed by atoms with E-state index in [-0.39, 0.29) is 11.6 Å². The molecule has 2 nitrogen and oxygen atoms in total. The number of rotatable bonds is 5. The lowest BCUT2D eigenvalue weighted by Gasteiger charge is -2.31. The van der Waals surface area contributed by atoms with Gasteiger partial charge < -0.3 is 4.90 Å². The first-order valence-corrected chi connectivity index (χ1v) is 6.73. The number of hydrogen-bond acceptors (Lipinski definition) is 2. The molecule has 1 unspecified atom stereocenters. The van der Waals surface area contributed by atoms with Gasteiger partial charge >= 0.3 is 6.18 Å². The van der Waals surface area contributed by atoms with E-state index in [4.69, 9.17) is 5.26 Å². The molecule has 0 aliphatic carbocycles. The van der Waals surface area contributed by atoms with Gasteiger partial charge in [-0.1, -0.05) is 13.8 Å². The number of hydrogen-bond donors (Lipinski definition) is 0. The third-order valence-electron chi connectivity index (χ3n) is 3.35. The maximum Gasteiger partial charge on any atom is 0.417 e. The van der Waals surface area contributed by atoms with Crippen molar-refractivity contribution in [3.05, 3.63) is 29.3 Å². The molecule has 20 heavy (non-hydrogen) atoms. The molecule has 0 N–H and O–H groups in total. The van der Waals surface area contributed by atoms with Crippen molar-refractivity contribution in [2.24, 2.45) is 0 Å². The monoisotopic (exact) mass is 284 g/mol. The van der Waals surface area contributed by atoms with Crippen LogP contribution in [-0.2, 0) is 6.18 Å². The molecule has 110 valence electrons. The number of alkyl halides is 3. The van der Waals surface area contributed by atoms with Gasteiger partial charge in [0.05, 0.1) is 17.2 Å². The normalized spacial score (nSPS) is 12.8. The lowest BCUT2D eigenvalue weighted by molar-refractivity contribution is -0.137. The summed E-state index contributed by atoms with van der Waals surface area (Å²) >= 11 is 0. The quantitative estimate of drug-likeness (QED) is 0.790. The Kier molecular flexibility index (Phi) is 5.43. The molecule has 0 aliphatic heterocycles. The molecule has 0 radical (unpaired) electrons. The molecule has 1 aromatic rings. The van der Waals surface area contributed by atoms with Gasteiger partial charge in [-0.05, 0) is 38.0 Å². The van der Waals surface area contributed by atoms with Crippen molar-refractivity contribution in [3.8, 4) is 6.07 Å². The van der Waals surface area contributed by atoms with Crippen LogP contribution in [0.5, 0.6) is 0 Å². The molecule has 0 fully saturated rings. The molecule has 1 aromatic carbocycles. The minimum atomic E-state index is -4.51. The van der Waals surface area contributed by atoms with Gasteiger partial charge in [0.25, 0.3) is 0 Å². The van der Waals surface area contributed by atoms with Crippen molar-refractivity contribution < 1.29 is 13.2 Å². The Labute approximate surface area is 117 Å². The second-order valence-corrected chi connectivity index (χ2v) is 4.79. The predicted molar refractivity (Wildman–Crippen MR) is 73.5 cm³/mol. The Hall–Kier alpha value is -1.70. The first-order chi connectivity index (χ1) is 9.35. The van der Waals surface area contributed by atoms with Crippen molar-refractivity contribution in [1.29, 1.82) is 5.26 Å². The van der Waals surface area contributed by atoms with Gasteiger partial charge in [-0.2, -0.15) is 18.4 Å². The lowest BCUT2D eigenvalue weighted by atomic mass is 10.1. The first kappa shape index (κ1) is 16.4. The van der Waals surface area contributed by atoms with E-state index >= 15 is 0 Å². The maximum absolute atomic E-state index is 13.0. The molecule has 0 saturated carbocycles. The number of benzene rings is 1. The highest BCUT2D eigenvalue weighted by Crippen LogP contribution is 2.35. The predicted octanol–water partition coefficient (Wildman–Crippen LogP) is 4.59. The average molecular weight is 284 g/mol. The van der Waals surface area contributed by atoms with E-state index in [1.807, 2.05) is 25.7 Å². The molecule has 0 spiro atoms. The highest BCUT2D eigenvalue weighted by atomic mass is 19.4. The molecule has 0 amide bonds. The summed E-state index contributed by atoms with van der Waals surface area (Å²) < 4.78 is 38.9. The van der Waals surface area contributed by atoms with Gasteiger partial charge in [-0.15, -0.1) is 0 Å². The smallest absolute Gasteiger partial charge is 0.369 e. The summed E-state index contributed by atoms with van der Waals surface area (Å²) in [5.41, 5.74) is -0.670. The van der Waals surface area contributed by atoms with E-state index in [1.165, 1.54) is 6.07 Å². The van der Waals surface area contributed by atoms with Gasteiger partial charge in [0.1, 0.15) is 0 Å². The van der Waals surface area contributed by atoms with Gasteiger partial charge in [-0.3, -0.25) is 0 Å². The number of halogens is 3. The maximum atomic E-state index is 13.0. The zero-order chi connectivity index (χ0) is 15.3.